The Hall–Kier alpha value is -2.05. The molecule has 1 unspecified atom stereocenters. The lowest BCUT2D eigenvalue weighted by molar-refractivity contribution is 0.156. The van der Waals surface area contributed by atoms with E-state index in [1.807, 2.05) is 6.21 Å². The van der Waals surface area contributed by atoms with Gasteiger partial charge in [0.1, 0.15) is 11.9 Å². The average Bonchev–Trinajstić information content (AvgIpc) is 3.05. The van der Waals surface area contributed by atoms with Gasteiger partial charge in [0, 0.05) is 25.2 Å². The number of aliphatic hydroxyl groups excluding tert-OH is 1. The first kappa shape index (κ1) is 17.4. The molecule has 0 bridgehead atoms. The minimum Gasteiger partial charge on any atom is -0.489 e. The number of hydrogen-bond donors (Lipinski definition) is 3. The standard InChI is InChI=1S/C20H28N4O2/c1-13(2)19-18(10-22-23-20(19)25)24-11-14-5-6-16(8-15(14)12-24)26-17-4-3-7-21-9-17/h5-6,8,10,13,17,20-21,23,25H,3-4,7,9,11-12H2,1-2H3/t17-,20?/m0/s1. The maximum atomic E-state index is 10.3. The van der Waals surface area contributed by atoms with Crippen molar-refractivity contribution in [1.29, 1.82) is 0 Å². The molecule has 0 aliphatic carbocycles. The molecule has 0 amide bonds. The minimum absolute atomic E-state index is 0.251. The molecule has 1 aromatic carbocycles. The van der Waals surface area contributed by atoms with Crippen molar-refractivity contribution in [3.63, 3.8) is 0 Å². The molecule has 6 heteroatoms. The summed E-state index contributed by atoms with van der Waals surface area (Å²) in [4.78, 5) is 2.29. The number of hydrogen-bond acceptors (Lipinski definition) is 6. The van der Waals surface area contributed by atoms with Crippen LogP contribution in [0.25, 0.3) is 0 Å². The molecule has 1 fully saturated rings. The molecule has 3 heterocycles. The highest BCUT2D eigenvalue weighted by atomic mass is 16.5. The van der Waals surface area contributed by atoms with Gasteiger partial charge in [-0.05, 0) is 48.6 Å². The van der Waals surface area contributed by atoms with E-state index in [-0.39, 0.29) is 12.0 Å². The maximum Gasteiger partial charge on any atom is 0.164 e. The summed E-state index contributed by atoms with van der Waals surface area (Å²) < 4.78 is 6.17. The summed E-state index contributed by atoms with van der Waals surface area (Å²) in [6.45, 7) is 7.88. The van der Waals surface area contributed by atoms with Crippen molar-refractivity contribution in [2.24, 2.45) is 11.0 Å². The zero-order chi connectivity index (χ0) is 18.1. The van der Waals surface area contributed by atoms with Crippen LogP contribution in [0.5, 0.6) is 5.75 Å². The van der Waals surface area contributed by atoms with Crippen LogP contribution in [-0.2, 0) is 13.1 Å². The van der Waals surface area contributed by atoms with Gasteiger partial charge in [-0.3, -0.25) is 5.43 Å². The third kappa shape index (κ3) is 3.44. The molecule has 26 heavy (non-hydrogen) atoms. The Morgan fingerprint density at radius 1 is 1.27 bits per heavy atom. The SMILES string of the molecule is CC(C)C1=C(N2Cc3ccc(O[C@H]4CCCNC4)cc3C2)C=NNC1O. The number of hydrazone groups is 1. The van der Waals surface area contributed by atoms with Crippen LogP contribution in [0.15, 0.2) is 34.6 Å². The highest BCUT2D eigenvalue weighted by molar-refractivity contribution is 5.80. The maximum absolute atomic E-state index is 10.3. The van der Waals surface area contributed by atoms with Gasteiger partial charge in [0.2, 0.25) is 0 Å². The lowest BCUT2D eigenvalue weighted by Gasteiger charge is -2.30. The Kier molecular flexibility index (Phi) is 4.87. The van der Waals surface area contributed by atoms with E-state index < -0.39 is 6.23 Å². The van der Waals surface area contributed by atoms with Gasteiger partial charge >= 0.3 is 0 Å². The van der Waals surface area contributed by atoms with Crippen molar-refractivity contribution in [2.45, 2.75) is 52.1 Å². The van der Waals surface area contributed by atoms with Gasteiger partial charge < -0.3 is 20.1 Å². The fourth-order valence-corrected chi connectivity index (χ4v) is 4.06. The Morgan fingerprint density at radius 3 is 2.88 bits per heavy atom. The van der Waals surface area contributed by atoms with Crippen molar-refractivity contribution in [1.82, 2.24) is 15.6 Å². The Morgan fingerprint density at radius 2 is 2.12 bits per heavy atom. The molecule has 3 aliphatic rings. The number of allylic oxidation sites excluding steroid dienone is 1. The Balaban J connectivity index is 1.52. The second kappa shape index (κ2) is 7.29. The third-order valence-corrected chi connectivity index (χ3v) is 5.39. The predicted molar refractivity (Wildman–Crippen MR) is 102 cm³/mol. The average molecular weight is 356 g/mol. The zero-order valence-electron chi connectivity index (χ0n) is 15.5. The van der Waals surface area contributed by atoms with Crippen LogP contribution >= 0.6 is 0 Å². The summed E-state index contributed by atoms with van der Waals surface area (Å²) >= 11 is 0. The van der Waals surface area contributed by atoms with Crippen molar-refractivity contribution in [3.05, 3.63) is 40.6 Å². The van der Waals surface area contributed by atoms with E-state index in [4.69, 9.17) is 4.74 Å². The van der Waals surface area contributed by atoms with Crippen LogP contribution in [0.4, 0.5) is 0 Å². The van der Waals surface area contributed by atoms with E-state index in [1.54, 1.807) is 0 Å². The number of benzene rings is 1. The Labute approximate surface area is 154 Å². The van der Waals surface area contributed by atoms with Gasteiger partial charge in [-0.2, -0.15) is 5.10 Å². The van der Waals surface area contributed by atoms with E-state index >= 15 is 0 Å². The number of nitrogens with zero attached hydrogens (tertiary/aromatic N) is 2. The minimum atomic E-state index is -0.712. The molecular weight excluding hydrogens is 328 g/mol. The van der Waals surface area contributed by atoms with Crippen LogP contribution in [0.3, 0.4) is 0 Å². The highest BCUT2D eigenvalue weighted by Crippen LogP contribution is 2.32. The molecular formula is C20H28N4O2. The van der Waals surface area contributed by atoms with Gasteiger partial charge in [-0.25, -0.2) is 0 Å². The zero-order valence-corrected chi connectivity index (χ0v) is 15.5. The quantitative estimate of drug-likeness (QED) is 0.769. The first-order chi connectivity index (χ1) is 12.6. The van der Waals surface area contributed by atoms with E-state index in [1.165, 1.54) is 17.5 Å². The van der Waals surface area contributed by atoms with Gasteiger partial charge in [-0.15, -0.1) is 0 Å². The number of fused-ring (bicyclic) bond motifs is 1. The van der Waals surface area contributed by atoms with Gasteiger partial charge in [0.05, 0.1) is 11.9 Å². The molecule has 4 rings (SSSR count). The second-order valence-corrected chi connectivity index (χ2v) is 7.66. The summed E-state index contributed by atoms with van der Waals surface area (Å²) in [6.07, 6.45) is 3.67. The van der Waals surface area contributed by atoms with Gasteiger partial charge in [0.25, 0.3) is 0 Å². The monoisotopic (exact) mass is 356 g/mol. The fourth-order valence-electron chi connectivity index (χ4n) is 4.06. The summed E-state index contributed by atoms with van der Waals surface area (Å²) in [5, 5.41) is 17.8. The summed E-state index contributed by atoms with van der Waals surface area (Å²) in [6, 6.07) is 6.43. The molecule has 3 aliphatic heterocycles. The molecule has 0 radical (unpaired) electrons. The first-order valence-corrected chi connectivity index (χ1v) is 9.56. The highest BCUT2D eigenvalue weighted by Gasteiger charge is 2.28. The number of piperidine rings is 1. The lowest BCUT2D eigenvalue weighted by atomic mass is 9.98. The lowest BCUT2D eigenvalue weighted by Crippen LogP contribution is -2.37. The normalized spacial score (nSPS) is 25.5. The molecule has 0 aromatic heterocycles. The number of aliphatic hydroxyl groups is 1. The molecule has 6 nitrogen and oxygen atoms in total. The van der Waals surface area contributed by atoms with Crippen molar-refractivity contribution in [2.75, 3.05) is 13.1 Å². The van der Waals surface area contributed by atoms with Crippen LogP contribution in [-0.4, -0.2) is 41.6 Å². The van der Waals surface area contributed by atoms with Crippen LogP contribution in [0.1, 0.15) is 37.8 Å². The van der Waals surface area contributed by atoms with Gasteiger partial charge in [-0.1, -0.05) is 19.9 Å². The largest absolute Gasteiger partial charge is 0.489 e. The molecule has 1 saturated heterocycles. The molecule has 0 spiro atoms. The smallest absolute Gasteiger partial charge is 0.164 e. The molecule has 140 valence electrons. The number of nitrogens with one attached hydrogen (secondary N) is 2. The first-order valence-electron chi connectivity index (χ1n) is 9.56. The second-order valence-electron chi connectivity index (χ2n) is 7.66. The summed E-state index contributed by atoms with van der Waals surface area (Å²) in [5.74, 6) is 1.21. The van der Waals surface area contributed by atoms with Crippen LogP contribution in [0.2, 0.25) is 0 Å². The van der Waals surface area contributed by atoms with E-state index in [9.17, 15) is 5.11 Å². The van der Waals surface area contributed by atoms with E-state index in [0.29, 0.717) is 0 Å². The molecule has 3 N–H and O–H groups in total. The van der Waals surface area contributed by atoms with E-state index in [0.717, 1.165) is 49.6 Å². The Bertz CT molecular complexity index is 723. The van der Waals surface area contributed by atoms with E-state index in [2.05, 4.69) is 52.8 Å². The fraction of sp³-hybridized carbons (Fsp3) is 0.550. The summed E-state index contributed by atoms with van der Waals surface area (Å²) in [5.41, 5.74) is 7.39. The van der Waals surface area contributed by atoms with Crippen molar-refractivity contribution >= 4 is 6.21 Å². The summed E-state index contributed by atoms with van der Waals surface area (Å²) in [7, 11) is 0. The topological polar surface area (TPSA) is 69.1 Å². The third-order valence-electron chi connectivity index (χ3n) is 5.39. The predicted octanol–water partition coefficient (Wildman–Crippen LogP) is 1.95. The van der Waals surface area contributed by atoms with Crippen LogP contribution < -0.4 is 15.5 Å². The van der Waals surface area contributed by atoms with Gasteiger partial charge in [0.15, 0.2) is 6.23 Å². The van der Waals surface area contributed by atoms with Crippen molar-refractivity contribution in [3.8, 4) is 5.75 Å². The van der Waals surface area contributed by atoms with Crippen molar-refractivity contribution < 1.29 is 9.84 Å². The number of rotatable bonds is 4. The molecule has 2 atom stereocenters. The van der Waals surface area contributed by atoms with Crippen LogP contribution in [0, 0.1) is 5.92 Å². The molecule has 0 saturated carbocycles. The number of ether oxygens (including phenoxy) is 1. The molecule has 1 aromatic rings.